The summed E-state index contributed by atoms with van der Waals surface area (Å²) < 4.78 is 29.8. The van der Waals surface area contributed by atoms with Crippen molar-refractivity contribution in [1.82, 2.24) is 8.87 Å². The van der Waals surface area contributed by atoms with Crippen LogP contribution in [0.25, 0.3) is 11.3 Å². The van der Waals surface area contributed by atoms with Gasteiger partial charge in [-0.25, -0.2) is 13.4 Å². The number of halogens is 2. The summed E-state index contributed by atoms with van der Waals surface area (Å²) in [6.45, 7) is 1.10. The van der Waals surface area contributed by atoms with Crippen molar-refractivity contribution >= 4 is 51.1 Å². The number of nitrogens with zero attached hydrogens (tertiary/aromatic N) is 3. The molecule has 0 atom stereocenters. The van der Waals surface area contributed by atoms with Gasteiger partial charge in [0, 0.05) is 31.1 Å². The van der Waals surface area contributed by atoms with Crippen LogP contribution in [0.1, 0.15) is 19.3 Å². The average Bonchev–Trinajstić information content (AvgIpc) is 3.10. The topological polar surface area (TPSA) is 54.7 Å². The third-order valence-electron chi connectivity index (χ3n) is 5.07. The number of thiazole rings is 1. The van der Waals surface area contributed by atoms with Crippen molar-refractivity contribution in [2.24, 2.45) is 12.0 Å². The van der Waals surface area contributed by atoms with Crippen molar-refractivity contribution in [1.29, 1.82) is 0 Å². The van der Waals surface area contributed by atoms with Gasteiger partial charge < -0.3 is 4.57 Å². The van der Waals surface area contributed by atoms with Gasteiger partial charge in [-0.15, -0.1) is 23.7 Å². The zero-order valence-corrected chi connectivity index (χ0v) is 19.7. The van der Waals surface area contributed by atoms with Gasteiger partial charge in [-0.2, -0.15) is 4.31 Å². The lowest BCUT2D eigenvalue weighted by molar-refractivity contribution is 0.346. The Hall–Kier alpha value is -1.64. The van der Waals surface area contributed by atoms with E-state index in [2.05, 4.69) is 4.99 Å². The first-order valence-corrected chi connectivity index (χ1v) is 12.2. The molecular formula is C21H23Cl2N3O2S2. The summed E-state index contributed by atoms with van der Waals surface area (Å²) in [6, 6.07) is 15.0. The summed E-state index contributed by atoms with van der Waals surface area (Å²) in [5.41, 5.74) is 2.58. The van der Waals surface area contributed by atoms with E-state index >= 15 is 0 Å². The zero-order valence-electron chi connectivity index (χ0n) is 16.5. The van der Waals surface area contributed by atoms with Gasteiger partial charge >= 0.3 is 0 Å². The van der Waals surface area contributed by atoms with Crippen LogP contribution in [0.4, 0.5) is 5.69 Å². The molecule has 5 nitrogen and oxygen atoms in total. The largest absolute Gasteiger partial charge is 0.320 e. The molecule has 0 unspecified atom stereocenters. The minimum absolute atomic E-state index is 0. The highest BCUT2D eigenvalue weighted by Crippen LogP contribution is 2.31. The van der Waals surface area contributed by atoms with E-state index < -0.39 is 10.0 Å². The quantitative estimate of drug-likeness (QED) is 0.509. The SMILES string of the molecule is Cl.Cn1c(-c2ccc(Cl)c(S(=O)(=O)N3CCCCC3)c2)csc1=Nc1ccccc1. The molecule has 1 aliphatic rings. The molecule has 1 saturated heterocycles. The maximum Gasteiger partial charge on any atom is 0.244 e. The molecule has 1 aromatic heterocycles. The molecule has 0 aliphatic carbocycles. The van der Waals surface area contributed by atoms with Crippen molar-refractivity contribution in [3.8, 4) is 11.3 Å². The third-order valence-corrected chi connectivity index (χ3v) is 8.36. The summed E-state index contributed by atoms with van der Waals surface area (Å²) in [7, 11) is -1.67. The van der Waals surface area contributed by atoms with Crippen LogP contribution in [0.5, 0.6) is 0 Å². The fourth-order valence-electron chi connectivity index (χ4n) is 3.45. The summed E-state index contributed by atoms with van der Waals surface area (Å²) >= 11 is 7.83. The van der Waals surface area contributed by atoms with E-state index in [-0.39, 0.29) is 22.3 Å². The van der Waals surface area contributed by atoms with Crippen LogP contribution in [0.2, 0.25) is 5.02 Å². The lowest BCUT2D eigenvalue weighted by atomic mass is 10.2. The number of sulfonamides is 1. The lowest BCUT2D eigenvalue weighted by Crippen LogP contribution is -2.35. The standard InChI is InChI=1S/C21H22ClN3O2S2.ClH/c1-24-19(15-28-21(24)23-17-8-4-2-5-9-17)16-10-11-18(22)20(14-16)29(26,27)25-12-6-3-7-13-25;/h2,4-5,8-11,14-15H,3,6-7,12-13H2,1H3;1H. The van der Waals surface area contributed by atoms with Crippen LogP contribution in [-0.4, -0.2) is 30.4 Å². The minimum atomic E-state index is -3.61. The van der Waals surface area contributed by atoms with Crippen molar-refractivity contribution in [3.63, 3.8) is 0 Å². The van der Waals surface area contributed by atoms with Crippen molar-refractivity contribution in [3.05, 3.63) is 63.7 Å². The normalized spacial score (nSPS) is 15.7. The number of rotatable bonds is 4. The first-order chi connectivity index (χ1) is 14.0. The van der Waals surface area contributed by atoms with E-state index in [1.807, 2.05) is 53.4 Å². The van der Waals surface area contributed by atoms with E-state index in [0.717, 1.165) is 41.0 Å². The molecule has 2 aromatic carbocycles. The van der Waals surface area contributed by atoms with Crippen LogP contribution >= 0.6 is 35.3 Å². The van der Waals surface area contributed by atoms with Crippen LogP contribution in [0.3, 0.4) is 0 Å². The van der Waals surface area contributed by atoms with Gasteiger partial charge in [-0.3, -0.25) is 0 Å². The fourth-order valence-corrected chi connectivity index (χ4v) is 6.39. The number of hydrogen-bond acceptors (Lipinski definition) is 4. The molecule has 0 amide bonds. The summed E-state index contributed by atoms with van der Waals surface area (Å²) in [5.74, 6) is 0. The Balaban J connectivity index is 0.00000256. The molecule has 0 saturated carbocycles. The predicted octanol–water partition coefficient (Wildman–Crippen LogP) is 5.24. The average molecular weight is 484 g/mol. The van der Waals surface area contributed by atoms with Crippen LogP contribution < -0.4 is 4.80 Å². The Morgan fingerprint density at radius 2 is 1.73 bits per heavy atom. The Labute approximate surface area is 192 Å². The van der Waals surface area contributed by atoms with E-state index in [1.165, 1.54) is 11.3 Å². The minimum Gasteiger partial charge on any atom is -0.320 e. The highest BCUT2D eigenvalue weighted by molar-refractivity contribution is 7.89. The second kappa shape index (κ2) is 9.66. The highest BCUT2D eigenvalue weighted by atomic mass is 35.5. The Morgan fingerprint density at radius 1 is 1.03 bits per heavy atom. The molecule has 0 bridgehead atoms. The van der Waals surface area contributed by atoms with E-state index in [0.29, 0.717) is 13.1 Å². The van der Waals surface area contributed by atoms with Gasteiger partial charge in [0.2, 0.25) is 10.0 Å². The lowest BCUT2D eigenvalue weighted by Gasteiger charge is -2.26. The van der Waals surface area contributed by atoms with E-state index in [4.69, 9.17) is 11.6 Å². The van der Waals surface area contributed by atoms with E-state index in [1.54, 1.807) is 16.4 Å². The molecule has 30 heavy (non-hydrogen) atoms. The molecule has 9 heteroatoms. The molecule has 0 radical (unpaired) electrons. The number of hydrogen-bond donors (Lipinski definition) is 0. The molecule has 4 rings (SSSR count). The molecule has 160 valence electrons. The monoisotopic (exact) mass is 483 g/mol. The van der Waals surface area contributed by atoms with Gasteiger partial charge in [0.15, 0.2) is 4.80 Å². The molecule has 0 spiro atoms. The molecular weight excluding hydrogens is 461 g/mol. The van der Waals surface area contributed by atoms with Gasteiger partial charge in [-0.1, -0.05) is 42.3 Å². The second-order valence-corrected chi connectivity index (χ2v) is 10.2. The van der Waals surface area contributed by atoms with Gasteiger partial charge in [-0.05, 0) is 37.1 Å². The number of piperidine rings is 1. The van der Waals surface area contributed by atoms with Gasteiger partial charge in [0.05, 0.1) is 16.4 Å². The first kappa shape index (κ1) is 23.0. The molecule has 1 aliphatic heterocycles. The smallest absolute Gasteiger partial charge is 0.244 e. The molecule has 0 N–H and O–H groups in total. The molecule has 2 heterocycles. The second-order valence-electron chi connectivity index (χ2n) is 7.02. The Bertz CT molecular complexity index is 1180. The number of benzene rings is 2. The van der Waals surface area contributed by atoms with Crippen LogP contribution in [0, 0.1) is 0 Å². The Kier molecular flexibility index (Phi) is 7.42. The number of aromatic nitrogens is 1. The molecule has 3 aromatic rings. The van der Waals surface area contributed by atoms with Crippen molar-refractivity contribution in [2.75, 3.05) is 13.1 Å². The highest BCUT2D eigenvalue weighted by Gasteiger charge is 2.28. The Morgan fingerprint density at radius 3 is 2.43 bits per heavy atom. The predicted molar refractivity (Wildman–Crippen MR) is 125 cm³/mol. The number of para-hydroxylation sites is 1. The van der Waals surface area contributed by atoms with Crippen molar-refractivity contribution in [2.45, 2.75) is 24.2 Å². The van der Waals surface area contributed by atoms with Crippen molar-refractivity contribution < 1.29 is 8.42 Å². The zero-order chi connectivity index (χ0) is 20.4. The maximum atomic E-state index is 13.1. The van der Waals surface area contributed by atoms with Crippen LogP contribution in [0.15, 0.2) is 63.8 Å². The van der Waals surface area contributed by atoms with E-state index in [9.17, 15) is 8.42 Å². The fraction of sp³-hybridized carbons (Fsp3) is 0.286. The molecule has 1 fully saturated rings. The van der Waals surface area contributed by atoms with Gasteiger partial charge in [0.1, 0.15) is 4.90 Å². The van der Waals surface area contributed by atoms with Gasteiger partial charge in [0.25, 0.3) is 0 Å². The van der Waals surface area contributed by atoms with Crippen LogP contribution in [-0.2, 0) is 17.1 Å². The first-order valence-electron chi connectivity index (χ1n) is 9.51. The summed E-state index contributed by atoms with van der Waals surface area (Å²) in [5, 5.41) is 2.24. The third kappa shape index (κ3) is 4.65. The maximum absolute atomic E-state index is 13.1. The summed E-state index contributed by atoms with van der Waals surface area (Å²) in [4.78, 5) is 5.69. The summed E-state index contributed by atoms with van der Waals surface area (Å²) in [6.07, 6.45) is 2.85.